The maximum absolute atomic E-state index is 3.84. The van der Waals surface area contributed by atoms with Crippen LogP contribution in [0, 0.1) is 0 Å². The van der Waals surface area contributed by atoms with E-state index in [4.69, 9.17) is 0 Å². The van der Waals surface area contributed by atoms with E-state index in [0.717, 1.165) is 5.56 Å². The number of rotatable bonds is 4. The Labute approximate surface area is 193 Å². The minimum absolute atomic E-state index is 1.14. The summed E-state index contributed by atoms with van der Waals surface area (Å²) in [6.07, 6.45) is 1.87. The number of hydrogen-bond donors (Lipinski definition) is 0. The highest BCUT2D eigenvalue weighted by Crippen LogP contribution is 2.38. The second-order valence-corrected chi connectivity index (χ2v) is 8.29. The topological polar surface area (TPSA) is 4.93 Å². The molecular formula is C32H23N. The van der Waals surface area contributed by atoms with Gasteiger partial charge in [-0.05, 0) is 52.1 Å². The van der Waals surface area contributed by atoms with Gasteiger partial charge in [0, 0.05) is 16.5 Å². The van der Waals surface area contributed by atoms with Gasteiger partial charge in [0.05, 0.1) is 11.0 Å². The molecule has 0 amide bonds. The molecule has 5 aromatic carbocycles. The van der Waals surface area contributed by atoms with Crippen LogP contribution in [0.15, 0.2) is 128 Å². The van der Waals surface area contributed by atoms with Crippen molar-refractivity contribution in [2.45, 2.75) is 0 Å². The Hall–Kier alpha value is -4.36. The zero-order valence-corrected chi connectivity index (χ0v) is 18.3. The summed E-state index contributed by atoms with van der Waals surface area (Å²) in [5.74, 6) is 0. The first-order chi connectivity index (χ1) is 16.3. The molecule has 6 rings (SSSR count). The van der Waals surface area contributed by atoms with Gasteiger partial charge in [0.25, 0.3) is 0 Å². The molecular weight excluding hydrogens is 398 g/mol. The van der Waals surface area contributed by atoms with Crippen molar-refractivity contribution in [3.63, 3.8) is 0 Å². The van der Waals surface area contributed by atoms with Gasteiger partial charge in [-0.25, -0.2) is 0 Å². The lowest BCUT2D eigenvalue weighted by Gasteiger charge is -2.09. The normalized spacial score (nSPS) is 11.2. The van der Waals surface area contributed by atoms with Crippen molar-refractivity contribution in [1.29, 1.82) is 0 Å². The number of nitrogens with zero attached hydrogens (tertiary/aromatic N) is 1. The van der Waals surface area contributed by atoms with Crippen LogP contribution in [0.4, 0.5) is 0 Å². The minimum atomic E-state index is 1.14. The zero-order chi connectivity index (χ0) is 22.2. The average molecular weight is 422 g/mol. The van der Waals surface area contributed by atoms with Crippen LogP contribution in [0.2, 0.25) is 0 Å². The monoisotopic (exact) mass is 421 g/mol. The van der Waals surface area contributed by atoms with E-state index in [1.807, 2.05) is 6.08 Å². The van der Waals surface area contributed by atoms with E-state index in [9.17, 15) is 0 Å². The van der Waals surface area contributed by atoms with Gasteiger partial charge in [-0.1, -0.05) is 110 Å². The third-order valence-electron chi connectivity index (χ3n) is 6.39. The highest BCUT2D eigenvalue weighted by Gasteiger charge is 2.15. The standard InChI is InChI=1S/C32H23N/c1-2-23-15-17-24(18-16-23)25-19-21-26(22-20-25)28-12-8-14-31-32(28)29-11-6-7-13-30(29)33(31)27-9-4-3-5-10-27/h2-22H,1H2. The van der Waals surface area contributed by atoms with Gasteiger partial charge in [-0.3, -0.25) is 0 Å². The Bertz CT molecular complexity index is 1590. The fraction of sp³-hybridized carbons (Fsp3) is 0. The van der Waals surface area contributed by atoms with E-state index < -0.39 is 0 Å². The van der Waals surface area contributed by atoms with Crippen LogP contribution >= 0.6 is 0 Å². The second-order valence-electron chi connectivity index (χ2n) is 8.29. The van der Waals surface area contributed by atoms with Crippen LogP contribution in [0.3, 0.4) is 0 Å². The molecule has 0 atom stereocenters. The summed E-state index contributed by atoms with van der Waals surface area (Å²) in [5.41, 5.74) is 9.68. The molecule has 1 heteroatoms. The van der Waals surface area contributed by atoms with Crippen molar-refractivity contribution < 1.29 is 0 Å². The van der Waals surface area contributed by atoms with Gasteiger partial charge < -0.3 is 4.57 Å². The minimum Gasteiger partial charge on any atom is -0.309 e. The average Bonchev–Trinajstić information content (AvgIpc) is 3.24. The number of para-hydroxylation sites is 2. The molecule has 0 aliphatic rings. The third kappa shape index (κ3) is 3.26. The predicted octanol–water partition coefficient (Wildman–Crippen LogP) is 8.76. The summed E-state index contributed by atoms with van der Waals surface area (Å²) < 4.78 is 2.36. The van der Waals surface area contributed by atoms with Crippen molar-refractivity contribution in [3.8, 4) is 27.9 Å². The maximum Gasteiger partial charge on any atom is 0.0547 e. The molecule has 0 unspecified atom stereocenters. The van der Waals surface area contributed by atoms with Crippen LogP contribution in [-0.2, 0) is 0 Å². The summed E-state index contributed by atoms with van der Waals surface area (Å²) in [6.45, 7) is 3.84. The summed E-state index contributed by atoms with van der Waals surface area (Å²) in [5, 5.41) is 2.57. The second kappa shape index (κ2) is 7.96. The fourth-order valence-corrected chi connectivity index (χ4v) is 4.77. The fourth-order valence-electron chi connectivity index (χ4n) is 4.77. The lowest BCUT2D eigenvalue weighted by molar-refractivity contribution is 1.18. The van der Waals surface area contributed by atoms with E-state index in [1.54, 1.807) is 0 Å². The summed E-state index contributed by atoms with van der Waals surface area (Å²) >= 11 is 0. The quantitative estimate of drug-likeness (QED) is 0.268. The first-order valence-corrected chi connectivity index (χ1v) is 11.2. The van der Waals surface area contributed by atoms with Crippen molar-refractivity contribution in [3.05, 3.63) is 133 Å². The third-order valence-corrected chi connectivity index (χ3v) is 6.39. The Morgan fingerprint density at radius 2 is 1.12 bits per heavy atom. The number of fused-ring (bicyclic) bond motifs is 3. The number of aromatic nitrogens is 1. The summed E-state index contributed by atoms with van der Waals surface area (Å²) in [4.78, 5) is 0. The van der Waals surface area contributed by atoms with Gasteiger partial charge in [0.15, 0.2) is 0 Å². The highest BCUT2D eigenvalue weighted by atomic mass is 15.0. The van der Waals surface area contributed by atoms with Crippen molar-refractivity contribution in [2.24, 2.45) is 0 Å². The van der Waals surface area contributed by atoms with Gasteiger partial charge >= 0.3 is 0 Å². The molecule has 0 saturated heterocycles. The van der Waals surface area contributed by atoms with Crippen molar-refractivity contribution >= 4 is 27.9 Å². The maximum atomic E-state index is 3.84. The lowest BCUT2D eigenvalue weighted by atomic mass is 9.96. The first-order valence-electron chi connectivity index (χ1n) is 11.2. The van der Waals surface area contributed by atoms with Crippen LogP contribution in [-0.4, -0.2) is 4.57 Å². The van der Waals surface area contributed by atoms with Crippen LogP contribution in [0.1, 0.15) is 5.56 Å². The van der Waals surface area contributed by atoms with Gasteiger partial charge in [0.2, 0.25) is 0 Å². The van der Waals surface area contributed by atoms with E-state index in [2.05, 4.69) is 132 Å². The Morgan fingerprint density at radius 1 is 0.515 bits per heavy atom. The number of hydrogen-bond acceptors (Lipinski definition) is 0. The molecule has 0 aliphatic heterocycles. The molecule has 0 saturated carbocycles. The molecule has 1 aromatic heterocycles. The molecule has 0 radical (unpaired) electrons. The summed E-state index contributed by atoms with van der Waals surface area (Å²) in [6, 6.07) is 43.3. The Morgan fingerprint density at radius 3 is 1.85 bits per heavy atom. The van der Waals surface area contributed by atoms with E-state index in [1.165, 1.54) is 49.7 Å². The number of benzene rings is 5. The van der Waals surface area contributed by atoms with Gasteiger partial charge in [0.1, 0.15) is 0 Å². The molecule has 6 aromatic rings. The SMILES string of the molecule is C=Cc1ccc(-c2ccc(-c3cccc4c3c3ccccc3n4-c3ccccc3)cc2)cc1. The summed E-state index contributed by atoms with van der Waals surface area (Å²) in [7, 11) is 0. The Balaban J connectivity index is 1.53. The first kappa shape index (κ1) is 19.3. The molecule has 156 valence electrons. The molecule has 0 aliphatic carbocycles. The van der Waals surface area contributed by atoms with E-state index in [-0.39, 0.29) is 0 Å². The zero-order valence-electron chi connectivity index (χ0n) is 18.3. The van der Waals surface area contributed by atoms with E-state index >= 15 is 0 Å². The largest absolute Gasteiger partial charge is 0.309 e. The smallest absolute Gasteiger partial charge is 0.0547 e. The Kier molecular flexibility index (Phi) is 4.66. The van der Waals surface area contributed by atoms with Crippen LogP contribution in [0.25, 0.3) is 55.8 Å². The van der Waals surface area contributed by atoms with Crippen molar-refractivity contribution in [2.75, 3.05) is 0 Å². The van der Waals surface area contributed by atoms with Crippen LogP contribution in [0.5, 0.6) is 0 Å². The molecule has 33 heavy (non-hydrogen) atoms. The van der Waals surface area contributed by atoms with Gasteiger partial charge in [-0.2, -0.15) is 0 Å². The molecule has 1 nitrogen and oxygen atoms in total. The molecule has 0 N–H and O–H groups in total. The molecule has 1 heterocycles. The molecule has 0 bridgehead atoms. The van der Waals surface area contributed by atoms with E-state index in [0.29, 0.717) is 0 Å². The van der Waals surface area contributed by atoms with Crippen LogP contribution < -0.4 is 0 Å². The molecule has 0 spiro atoms. The molecule has 0 fully saturated rings. The van der Waals surface area contributed by atoms with Crippen molar-refractivity contribution in [1.82, 2.24) is 4.57 Å². The van der Waals surface area contributed by atoms with Gasteiger partial charge in [-0.15, -0.1) is 0 Å². The lowest BCUT2D eigenvalue weighted by Crippen LogP contribution is -1.92. The highest BCUT2D eigenvalue weighted by molar-refractivity contribution is 6.15. The predicted molar refractivity (Wildman–Crippen MR) is 142 cm³/mol.